The number of aryl methyl sites for hydroxylation is 2. The Kier molecular flexibility index (Phi) is 4.10. The summed E-state index contributed by atoms with van der Waals surface area (Å²) >= 11 is 0. The summed E-state index contributed by atoms with van der Waals surface area (Å²) in [5.41, 5.74) is 6.33. The van der Waals surface area contributed by atoms with E-state index in [0.717, 1.165) is 11.3 Å². The number of nitrogens with one attached hydrogen (secondary N) is 1. The molecule has 5 heteroatoms. The first kappa shape index (κ1) is 13.7. The van der Waals surface area contributed by atoms with Gasteiger partial charge in [-0.1, -0.05) is 24.3 Å². The molecule has 2 aromatic rings. The van der Waals surface area contributed by atoms with Gasteiger partial charge in [-0.25, -0.2) is 0 Å². The molecule has 0 saturated heterocycles. The molecule has 2 aromatic carbocycles. The minimum Gasteiger partial charge on any atom is -0.278 e. The number of nitro groups is 1. The molecular weight excluding hydrogens is 254 g/mol. The molecule has 0 saturated carbocycles. The molecular formula is C15H15N3O2. The second-order valence-corrected chi connectivity index (χ2v) is 4.54. The Bertz CT molecular complexity index is 666. The van der Waals surface area contributed by atoms with E-state index in [0.29, 0.717) is 11.1 Å². The van der Waals surface area contributed by atoms with E-state index < -0.39 is 0 Å². The number of nitrogens with zero attached hydrogens (tertiary/aromatic N) is 2. The Morgan fingerprint density at radius 2 is 2.00 bits per heavy atom. The highest BCUT2D eigenvalue weighted by Gasteiger charge is 2.09. The van der Waals surface area contributed by atoms with E-state index in [-0.39, 0.29) is 10.6 Å². The van der Waals surface area contributed by atoms with Crippen molar-refractivity contribution in [2.24, 2.45) is 5.10 Å². The predicted molar refractivity (Wildman–Crippen MR) is 80.2 cm³/mol. The van der Waals surface area contributed by atoms with Crippen LogP contribution in [0.3, 0.4) is 0 Å². The highest BCUT2D eigenvalue weighted by atomic mass is 16.6. The quantitative estimate of drug-likeness (QED) is 0.523. The van der Waals surface area contributed by atoms with Gasteiger partial charge in [0.05, 0.1) is 16.8 Å². The molecule has 0 atom stereocenters. The van der Waals surface area contributed by atoms with Crippen LogP contribution < -0.4 is 5.43 Å². The van der Waals surface area contributed by atoms with Crippen LogP contribution >= 0.6 is 0 Å². The summed E-state index contributed by atoms with van der Waals surface area (Å²) in [6.45, 7) is 3.71. The molecule has 20 heavy (non-hydrogen) atoms. The number of nitro benzene ring substituents is 1. The molecule has 1 N–H and O–H groups in total. The maximum absolute atomic E-state index is 10.9. The van der Waals surface area contributed by atoms with E-state index in [1.54, 1.807) is 25.3 Å². The zero-order valence-electron chi connectivity index (χ0n) is 11.3. The second-order valence-electron chi connectivity index (χ2n) is 4.54. The van der Waals surface area contributed by atoms with E-state index in [4.69, 9.17) is 0 Å². The molecule has 0 heterocycles. The molecule has 0 spiro atoms. The molecule has 0 aliphatic heterocycles. The standard InChI is InChI=1S/C15H15N3O2/c1-11-4-3-5-14(8-11)17-16-10-13-7-6-12(2)15(9-13)18(19)20/h3-10,17H,1-2H3/b16-10-. The largest absolute Gasteiger partial charge is 0.278 e. The number of rotatable bonds is 4. The van der Waals surface area contributed by atoms with Gasteiger partial charge in [0, 0.05) is 17.2 Å². The van der Waals surface area contributed by atoms with Gasteiger partial charge in [0.2, 0.25) is 0 Å². The molecule has 0 aliphatic carbocycles. The lowest BCUT2D eigenvalue weighted by atomic mass is 10.1. The van der Waals surface area contributed by atoms with Crippen LogP contribution in [0.1, 0.15) is 16.7 Å². The fourth-order valence-corrected chi connectivity index (χ4v) is 1.80. The molecule has 102 valence electrons. The van der Waals surface area contributed by atoms with Crippen molar-refractivity contribution < 1.29 is 4.92 Å². The molecule has 0 amide bonds. The molecule has 5 nitrogen and oxygen atoms in total. The summed E-state index contributed by atoms with van der Waals surface area (Å²) in [5.74, 6) is 0. The second kappa shape index (κ2) is 5.97. The van der Waals surface area contributed by atoms with Crippen LogP contribution in [0, 0.1) is 24.0 Å². The Morgan fingerprint density at radius 1 is 1.20 bits per heavy atom. The molecule has 0 radical (unpaired) electrons. The number of hydrogen-bond acceptors (Lipinski definition) is 4. The first-order valence-electron chi connectivity index (χ1n) is 6.17. The summed E-state index contributed by atoms with van der Waals surface area (Å²) in [6.07, 6.45) is 1.56. The summed E-state index contributed by atoms with van der Waals surface area (Å²) in [4.78, 5) is 10.5. The highest BCUT2D eigenvalue weighted by Crippen LogP contribution is 2.18. The minimum absolute atomic E-state index is 0.101. The predicted octanol–water partition coefficient (Wildman–Crippen LogP) is 3.66. The van der Waals surface area contributed by atoms with Crippen molar-refractivity contribution in [1.29, 1.82) is 0 Å². The maximum Gasteiger partial charge on any atom is 0.272 e. The van der Waals surface area contributed by atoms with Gasteiger partial charge in [-0.15, -0.1) is 0 Å². The van der Waals surface area contributed by atoms with Crippen molar-refractivity contribution in [3.05, 3.63) is 69.3 Å². The Labute approximate surface area is 117 Å². The SMILES string of the molecule is Cc1cccc(N/N=C\c2ccc(C)c([N+](=O)[O-])c2)c1. The average Bonchev–Trinajstić information content (AvgIpc) is 2.40. The Morgan fingerprint density at radius 3 is 2.70 bits per heavy atom. The molecule has 2 rings (SSSR count). The third-order valence-electron chi connectivity index (χ3n) is 2.86. The van der Waals surface area contributed by atoms with Gasteiger partial charge in [0.1, 0.15) is 0 Å². The summed E-state index contributed by atoms with van der Waals surface area (Å²) < 4.78 is 0. The highest BCUT2D eigenvalue weighted by molar-refractivity contribution is 5.81. The van der Waals surface area contributed by atoms with Crippen LogP contribution in [0.25, 0.3) is 0 Å². The number of hydrogen-bond donors (Lipinski definition) is 1. The first-order valence-corrected chi connectivity index (χ1v) is 6.17. The lowest BCUT2D eigenvalue weighted by Crippen LogP contribution is -1.95. The van der Waals surface area contributed by atoms with E-state index in [1.807, 2.05) is 31.2 Å². The van der Waals surface area contributed by atoms with Crippen LogP contribution in [-0.4, -0.2) is 11.1 Å². The fraction of sp³-hybridized carbons (Fsp3) is 0.133. The van der Waals surface area contributed by atoms with Crippen LogP contribution in [0.4, 0.5) is 11.4 Å². The Balaban J connectivity index is 2.12. The third-order valence-corrected chi connectivity index (χ3v) is 2.86. The monoisotopic (exact) mass is 269 g/mol. The van der Waals surface area contributed by atoms with E-state index in [9.17, 15) is 10.1 Å². The number of anilines is 1. The normalized spacial score (nSPS) is 10.7. The van der Waals surface area contributed by atoms with E-state index in [1.165, 1.54) is 6.07 Å². The van der Waals surface area contributed by atoms with Gasteiger partial charge in [-0.05, 0) is 31.5 Å². The lowest BCUT2D eigenvalue weighted by Gasteiger charge is -2.01. The lowest BCUT2D eigenvalue weighted by molar-refractivity contribution is -0.385. The minimum atomic E-state index is -0.388. The molecule has 0 fully saturated rings. The Hall–Kier alpha value is -2.69. The van der Waals surface area contributed by atoms with Gasteiger partial charge in [0.15, 0.2) is 0 Å². The van der Waals surface area contributed by atoms with Gasteiger partial charge in [-0.2, -0.15) is 5.10 Å². The van der Waals surface area contributed by atoms with Gasteiger partial charge in [-0.3, -0.25) is 15.5 Å². The van der Waals surface area contributed by atoms with Crippen LogP contribution in [0.5, 0.6) is 0 Å². The van der Waals surface area contributed by atoms with Crippen molar-refractivity contribution in [2.45, 2.75) is 13.8 Å². The molecule has 0 bridgehead atoms. The summed E-state index contributed by atoms with van der Waals surface area (Å²) in [5, 5.41) is 14.9. The van der Waals surface area contributed by atoms with Crippen molar-refractivity contribution in [3.8, 4) is 0 Å². The van der Waals surface area contributed by atoms with Gasteiger partial charge in [0.25, 0.3) is 5.69 Å². The van der Waals surface area contributed by atoms with Crippen LogP contribution in [0.15, 0.2) is 47.6 Å². The molecule has 0 aromatic heterocycles. The zero-order chi connectivity index (χ0) is 14.5. The third kappa shape index (κ3) is 3.41. The van der Waals surface area contributed by atoms with E-state index >= 15 is 0 Å². The van der Waals surface area contributed by atoms with Crippen LogP contribution in [-0.2, 0) is 0 Å². The summed E-state index contributed by atoms with van der Waals surface area (Å²) in [6, 6.07) is 12.8. The zero-order valence-corrected chi connectivity index (χ0v) is 11.3. The van der Waals surface area contributed by atoms with Gasteiger partial charge >= 0.3 is 0 Å². The van der Waals surface area contributed by atoms with Crippen molar-refractivity contribution >= 4 is 17.6 Å². The van der Waals surface area contributed by atoms with Crippen molar-refractivity contribution in [3.63, 3.8) is 0 Å². The number of hydrazone groups is 1. The summed E-state index contributed by atoms with van der Waals surface area (Å²) in [7, 11) is 0. The fourth-order valence-electron chi connectivity index (χ4n) is 1.80. The maximum atomic E-state index is 10.9. The van der Waals surface area contributed by atoms with Crippen molar-refractivity contribution in [2.75, 3.05) is 5.43 Å². The van der Waals surface area contributed by atoms with E-state index in [2.05, 4.69) is 10.5 Å². The van der Waals surface area contributed by atoms with Crippen molar-refractivity contribution in [1.82, 2.24) is 0 Å². The smallest absolute Gasteiger partial charge is 0.272 e. The molecule has 0 aliphatic rings. The topological polar surface area (TPSA) is 67.5 Å². The van der Waals surface area contributed by atoms with Crippen LogP contribution in [0.2, 0.25) is 0 Å². The van der Waals surface area contributed by atoms with Gasteiger partial charge < -0.3 is 0 Å². The molecule has 0 unspecified atom stereocenters. The number of benzene rings is 2. The first-order chi connectivity index (χ1) is 9.56. The average molecular weight is 269 g/mol.